The van der Waals surface area contributed by atoms with Gasteiger partial charge in [0.2, 0.25) is 0 Å². The summed E-state index contributed by atoms with van der Waals surface area (Å²) < 4.78 is 5.97. The van der Waals surface area contributed by atoms with Crippen molar-refractivity contribution in [2.45, 2.75) is 0 Å². The smallest absolute Gasteiger partial charge is 0.266 e. The van der Waals surface area contributed by atoms with Gasteiger partial charge in [0.05, 0.1) is 15.9 Å². The Hall–Kier alpha value is -1.81. The van der Waals surface area contributed by atoms with Gasteiger partial charge in [-0.25, -0.2) is 0 Å². The highest BCUT2D eigenvalue weighted by Crippen LogP contribution is 2.27. The van der Waals surface area contributed by atoms with E-state index in [0.717, 1.165) is 9.35 Å². The molecule has 1 aromatic heterocycles. The summed E-state index contributed by atoms with van der Waals surface area (Å²) in [6.07, 6.45) is 1.53. The number of thiophene rings is 1. The van der Waals surface area contributed by atoms with E-state index < -0.39 is 5.91 Å². The summed E-state index contributed by atoms with van der Waals surface area (Å²) in [5.74, 6) is 0.0184. The highest BCUT2D eigenvalue weighted by atomic mass is 79.9. The minimum atomic E-state index is -0.494. The van der Waals surface area contributed by atoms with Gasteiger partial charge >= 0.3 is 0 Å². The van der Waals surface area contributed by atoms with Crippen molar-refractivity contribution in [3.8, 4) is 11.8 Å². The monoisotopic (exact) mass is 396 g/mol. The first-order valence-corrected chi connectivity index (χ1v) is 8.09. The number of nitrogens with one attached hydrogen (secondary N) is 1. The van der Waals surface area contributed by atoms with Gasteiger partial charge in [0.15, 0.2) is 0 Å². The molecule has 2 rings (SSSR count). The lowest BCUT2D eigenvalue weighted by atomic mass is 10.2. The summed E-state index contributed by atoms with van der Waals surface area (Å²) in [5, 5.41) is 14.0. The average Bonchev–Trinajstić information content (AvgIpc) is 2.90. The number of nitriles is 1. The quantitative estimate of drug-likeness (QED) is 0.600. The van der Waals surface area contributed by atoms with Crippen molar-refractivity contribution in [3.63, 3.8) is 0 Å². The van der Waals surface area contributed by atoms with Gasteiger partial charge in [0.1, 0.15) is 17.4 Å². The maximum atomic E-state index is 12.1. The molecule has 0 aliphatic heterocycles. The predicted octanol–water partition coefficient (Wildman–Crippen LogP) is 4.72. The van der Waals surface area contributed by atoms with Gasteiger partial charge in [-0.3, -0.25) is 4.79 Å². The molecule has 1 amide bonds. The summed E-state index contributed by atoms with van der Waals surface area (Å²) >= 11 is 10.8. The highest BCUT2D eigenvalue weighted by Gasteiger charge is 2.11. The van der Waals surface area contributed by atoms with E-state index in [4.69, 9.17) is 21.6 Å². The first-order chi connectivity index (χ1) is 10.5. The summed E-state index contributed by atoms with van der Waals surface area (Å²) in [6.45, 7) is 0. The van der Waals surface area contributed by atoms with E-state index in [-0.39, 0.29) is 5.57 Å². The minimum Gasteiger partial charge on any atom is -0.495 e. The Morgan fingerprint density at radius 2 is 2.27 bits per heavy atom. The van der Waals surface area contributed by atoms with Crippen LogP contribution in [0.3, 0.4) is 0 Å². The Morgan fingerprint density at radius 1 is 1.50 bits per heavy atom. The molecule has 7 heteroatoms. The second-order valence-corrected chi connectivity index (χ2v) is 6.86. The standard InChI is InChI=1S/C15H10BrClN2O2S/c1-21-13-3-2-11(6-12(13)17)19-15(20)10(7-18)4-9-5-14(16)22-8-9/h2-6,8H,1H3,(H,19,20)/b10-4+. The Balaban J connectivity index is 2.18. The van der Waals surface area contributed by atoms with Crippen LogP contribution in [0.5, 0.6) is 5.75 Å². The summed E-state index contributed by atoms with van der Waals surface area (Å²) in [7, 11) is 1.51. The van der Waals surface area contributed by atoms with Crippen molar-refractivity contribution in [2.75, 3.05) is 12.4 Å². The second kappa shape index (κ2) is 7.45. The SMILES string of the molecule is COc1ccc(NC(=O)/C(C#N)=C/c2csc(Br)c2)cc1Cl. The Bertz CT molecular complexity index is 780. The summed E-state index contributed by atoms with van der Waals surface area (Å²) in [4.78, 5) is 12.1. The molecule has 22 heavy (non-hydrogen) atoms. The van der Waals surface area contributed by atoms with E-state index in [2.05, 4.69) is 21.2 Å². The van der Waals surface area contributed by atoms with Crippen molar-refractivity contribution in [2.24, 2.45) is 0 Å². The zero-order chi connectivity index (χ0) is 16.1. The van der Waals surface area contributed by atoms with E-state index in [0.29, 0.717) is 16.5 Å². The number of amides is 1. The molecule has 1 heterocycles. The van der Waals surface area contributed by atoms with Gasteiger partial charge in [-0.1, -0.05) is 11.6 Å². The number of benzene rings is 1. The summed E-state index contributed by atoms with van der Waals surface area (Å²) in [5.41, 5.74) is 1.29. The van der Waals surface area contributed by atoms with Crippen LogP contribution in [0.4, 0.5) is 5.69 Å². The minimum absolute atomic E-state index is 0.0113. The first kappa shape index (κ1) is 16.6. The fraction of sp³-hybridized carbons (Fsp3) is 0.0667. The molecule has 0 aliphatic rings. The lowest BCUT2D eigenvalue weighted by molar-refractivity contribution is -0.112. The Kier molecular flexibility index (Phi) is 5.61. The van der Waals surface area contributed by atoms with E-state index in [1.807, 2.05) is 17.5 Å². The number of halogens is 2. The second-order valence-electron chi connectivity index (χ2n) is 4.16. The van der Waals surface area contributed by atoms with Crippen LogP contribution in [0.1, 0.15) is 5.56 Å². The van der Waals surface area contributed by atoms with Crippen LogP contribution in [0.25, 0.3) is 6.08 Å². The van der Waals surface area contributed by atoms with Gasteiger partial charge in [-0.15, -0.1) is 11.3 Å². The van der Waals surface area contributed by atoms with Crippen molar-refractivity contribution >= 4 is 56.5 Å². The van der Waals surface area contributed by atoms with Gasteiger partial charge in [0.25, 0.3) is 5.91 Å². The molecule has 1 aromatic carbocycles. The predicted molar refractivity (Wildman–Crippen MR) is 92.2 cm³/mol. The van der Waals surface area contributed by atoms with Crippen LogP contribution < -0.4 is 10.1 Å². The van der Waals surface area contributed by atoms with Crippen LogP contribution >= 0.6 is 38.9 Å². The molecule has 0 fully saturated rings. The number of nitrogens with zero attached hydrogens (tertiary/aromatic N) is 1. The fourth-order valence-corrected chi connectivity index (χ4v) is 3.05. The van der Waals surface area contributed by atoms with Gasteiger partial charge < -0.3 is 10.1 Å². The van der Waals surface area contributed by atoms with Crippen molar-refractivity contribution in [1.29, 1.82) is 5.26 Å². The molecule has 0 atom stereocenters. The molecule has 0 saturated carbocycles. The largest absolute Gasteiger partial charge is 0.495 e. The number of ether oxygens (including phenoxy) is 1. The number of rotatable bonds is 4. The third-order valence-corrected chi connectivity index (χ3v) is 4.49. The molecule has 2 aromatic rings. The molecule has 0 bridgehead atoms. The Morgan fingerprint density at radius 3 is 2.82 bits per heavy atom. The Labute approximate surface area is 145 Å². The van der Waals surface area contributed by atoms with E-state index >= 15 is 0 Å². The zero-order valence-electron chi connectivity index (χ0n) is 11.4. The molecule has 0 radical (unpaired) electrons. The fourth-order valence-electron chi connectivity index (χ4n) is 1.66. The van der Waals surface area contributed by atoms with Crippen LogP contribution in [0.15, 0.2) is 39.0 Å². The maximum absolute atomic E-state index is 12.1. The van der Waals surface area contributed by atoms with Gasteiger partial charge in [-0.05, 0) is 57.2 Å². The van der Waals surface area contributed by atoms with Gasteiger partial charge in [0, 0.05) is 5.69 Å². The molecular formula is C15H10BrClN2O2S. The van der Waals surface area contributed by atoms with Crippen molar-refractivity contribution in [1.82, 2.24) is 0 Å². The number of carbonyl (C=O) groups is 1. The summed E-state index contributed by atoms with van der Waals surface area (Å²) in [6, 6.07) is 8.59. The lowest BCUT2D eigenvalue weighted by Crippen LogP contribution is -2.13. The average molecular weight is 398 g/mol. The normalized spacial score (nSPS) is 10.9. The van der Waals surface area contributed by atoms with Crippen molar-refractivity contribution in [3.05, 3.63) is 49.6 Å². The molecule has 4 nitrogen and oxygen atoms in total. The number of methoxy groups -OCH3 is 1. The van der Waals surface area contributed by atoms with E-state index in [1.54, 1.807) is 18.2 Å². The maximum Gasteiger partial charge on any atom is 0.266 e. The van der Waals surface area contributed by atoms with Crippen molar-refractivity contribution < 1.29 is 9.53 Å². The number of anilines is 1. The van der Waals surface area contributed by atoms with E-state index in [1.165, 1.54) is 24.5 Å². The molecular weight excluding hydrogens is 388 g/mol. The van der Waals surface area contributed by atoms with Crippen LogP contribution in [0, 0.1) is 11.3 Å². The molecule has 0 aliphatic carbocycles. The third kappa shape index (κ3) is 4.10. The van der Waals surface area contributed by atoms with Crippen LogP contribution in [-0.2, 0) is 4.79 Å². The molecule has 0 saturated heterocycles. The van der Waals surface area contributed by atoms with Crippen LogP contribution in [0.2, 0.25) is 5.02 Å². The molecule has 0 spiro atoms. The van der Waals surface area contributed by atoms with Crippen LogP contribution in [-0.4, -0.2) is 13.0 Å². The number of hydrogen-bond donors (Lipinski definition) is 1. The zero-order valence-corrected chi connectivity index (χ0v) is 14.6. The third-order valence-electron chi connectivity index (χ3n) is 2.67. The highest BCUT2D eigenvalue weighted by molar-refractivity contribution is 9.11. The molecule has 112 valence electrons. The number of hydrogen-bond acceptors (Lipinski definition) is 4. The van der Waals surface area contributed by atoms with E-state index in [9.17, 15) is 4.79 Å². The molecule has 1 N–H and O–H groups in total. The van der Waals surface area contributed by atoms with Gasteiger partial charge in [-0.2, -0.15) is 5.26 Å². The molecule has 0 unspecified atom stereocenters. The number of carbonyl (C=O) groups excluding carboxylic acids is 1. The first-order valence-electron chi connectivity index (χ1n) is 6.04. The lowest BCUT2D eigenvalue weighted by Gasteiger charge is -2.07. The topological polar surface area (TPSA) is 62.1 Å².